The van der Waals surface area contributed by atoms with Crippen LogP contribution < -0.4 is 15.2 Å². The number of nitrogens with two attached hydrogens (primary N) is 1. The molecule has 1 fully saturated rings. The number of nitriles is 1. The molecule has 0 bridgehead atoms. The van der Waals surface area contributed by atoms with Gasteiger partial charge in [0, 0.05) is 11.8 Å². The topological polar surface area (TPSA) is 68.3 Å². The molecule has 1 aliphatic rings. The first-order chi connectivity index (χ1) is 9.23. The third-order valence-electron chi connectivity index (χ3n) is 3.63. The molecule has 0 unspecified atom stereocenters. The standard InChI is InChI=1S/C15H20N2O2/c1-18-13-2-3-14(12(10-13)4-8-16)19-11-15(5-6-15)7-9-17/h2-3,10H,4-8,11,16H2,1H3. The van der Waals surface area contributed by atoms with Crippen LogP contribution in [-0.4, -0.2) is 20.3 Å². The van der Waals surface area contributed by atoms with Crippen LogP contribution in [0.2, 0.25) is 0 Å². The molecule has 0 radical (unpaired) electrons. The summed E-state index contributed by atoms with van der Waals surface area (Å²) in [6.45, 7) is 1.19. The van der Waals surface area contributed by atoms with Gasteiger partial charge in [-0.25, -0.2) is 0 Å². The highest BCUT2D eigenvalue weighted by molar-refractivity contribution is 5.40. The molecule has 1 saturated carbocycles. The first-order valence-corrected chi connectivity index (χ1v) is 6.60. The summed E-state index contributed by atoms with van der Waals surface area (Å²) in [5.74, 6) is 1.67. The van der Waals surface area contributed by atoms with Crippen LogP contribution >= 0.6 is 0 Å². The molecule has 1 aromatic rings. The van der Waals surface area contributed by atoms with Crippen molar-refractivity contribution in [2.45, 2.75) is 25.7 Å². The van der Waals surface area contributed by atoms with E-state index in [0.717, 1.165) is 36.3 Å². The normalized spacial score (nSPS) is 15.6. The molecule has 4 nitrogen and oxygen atoms in total. The first-order valence-electron chi connectivity index (χ1n) is 6.60. The number of benzene rings is 1. The highest BCUT2D eigenvalue weighted by Crippen LogP contribution is 2.48. The summed E-state index contributed by atoms with van der Waals surface area (Å²) < 4.78 is 11.1. The Morgan fingerprint density at radius 2 is 2.21 bits per heavy atom. The Morgan fingerprint density at radius 1 is 1.42 bits per heavy atom. The van der Waals surface area contributed by atoms with Gasteiger partial charge in [-0.15, -0.1) is 0 Å². The predicted molar refractivity (Wildman–Crippen MR) is 73.1 cm³/mol. The van der Waals surface area contributed by atoms with Gasteiger partial charge in [0.25, 0.3) is 0 Å². The Bertz CT molecular complexity index is 476. The highest BCUT2D eigenvalue weighted by Gasteiger charge is 2.43. The maximum absolute atomic E-state index is 8.81. The van der Waals surface area contributed by atoms with Gasteiger partial charge in [-0.3, -0.25) is 0 Å². The molecule has 2 N–H and O–H groups in total. The summed E-state index contributed by atoms with van der Waals surface area (Å²) in [4.78, 5) is 0. The fourth-order valence-electron chi connectivity index (χ4n) is 2.12. The molecule has 0 amide bonds. The minimum Gasteiger partial charge on any atom is -0.497 e. The van der Waals surface area contributed by atoms with E-state index in [-0.39, 0.29) is 5.41 Å². The van der Waals surface area contributed by atoms with E-state index in [1.165, 1.54) is 0 Å². The van der Waals surface area contributed by atoms with Gasteiger partial charge in [-0.05, 0) is 49.6 Å². The maximum atomic E-state index is 8.81. The Kier molecular flexibility index (Phi) is 4.28. The van der Waals surface area contributed by atoms with E-state index in [9.17, 15) is 0 Å². The van der Waals surface area contributed by atoms with Crippen molar-refractivity contribution in [2.24, 2.45) is 11.1 Å². The smallest absolute Gasteiger partial charge is 0.122 e. The number of hydrogen-bond donors (Lipinski definition) is 1. The molecule has 1 aromatic carbocycles. The van der Waals surface area contributed by atoms with Crippen molar-refractivity contribution in [3.05, 3.63) is 23.8 Å². The third kappa shape index (κ3) is 3.39. The van der Waals surface area contributed by atoms with Gasteiger partial charge >= 0.3 is 0 Å². The summed E-state index contributed by atoms with van der Waals surface area (Å²) >= 11 is 0. The van der Waals surface area contributed by atoms with Crippen LogP contribution in [-0.2, 0) is 6.42 Å². The zero-order valence-electron chi connectivity index (χ0n) is 11.3. The van der Waals surface area contributed by atoms with Crippen LogP contribution in [0.5, 0.6) is 11.5 Å². The summed E-state index contributed by atoms with van der Waals surface area (Å²) in [6.07, 6.45) is 3.51. The van der Waals surface area contributed by atoms with Gasteiger partial charge in [0.1, 0.15) is 11.5 Å². The Hall–Kier alpha value is -1.73. The SMILES string of the molecule is COc1ccc(OCC2(CC#N)CC2)c(CCN)c1. The highest BCUT2D eigenvalue weighted by atomic mass is 16.5. The van der Waals surface area contributed by atoms with Gasteiger partial charge in [0.2, 0.25) is 0 Å². The van der Waals surface area contributed by atoms with E-state index in [1.807, 2.05) is 18.2 Å². The lowest BCUT2D eigenvalue weighted by Gasteiger charge is -2.16. The van der Waals surface area contributed by atoms with Crippen LogP contribution in [0, 0.1) is 16.7 Å². The van der Waals surface area contributed by atoms with Gasteiger partial charge in [0.05, 0.1) is 19.8 Å². The Labute approximate surface area is 114 Å². The van der Waals surface area contributed by atoms with E-state index in [1.54, 1.807) is 7.11 Å². The molecule has 0 saturated heterocycles. The quantitative estimate of drug-likeness (QED) is 0.816. The van der Waals surface area contributed by atoms with Crippen LogP contribution in [0.1, 0.15) is 24.8 Å². The third-order valence-corrected chi connectivity index (χ3v) is 3.63. The molecule has 0 spiro atoms. The number of hydrogen-bond acceptors (Lipinski definition) is 4. The zero-order valence-corrected chi connectivity index (χ0v) is 11.3. The second-order valence-corrected chi connectivity index (χ2v) is 5.14. The van der Waals surface area contributed by atoms with E-state index < -0.39 is 0 Å². The van der Waals surface area contributed by atoms with Crippen molar-refractivity contribution >= 4 is 0 Å². The Morgan fingerprint density at radius 3 is 2.79 bits per heavy atom. The fourth-order valence-corrected chi connectivity index (χ4v) is 2.12. The van der Waals surface area contributed by atoms with Crippen molar-refractivity contribution in [3.8, 4) is 17.6 Å². The number of rotatable bonds is 7. The summed E-state index contributed by atoms with van der Waals surface area (Å²) in [6, 6.07) is 8.02. The molecule has 19 heavy (non-hydrogen) atoms. The lowest BCUT2D eigenvalue weighted by Crippen LogP contribution is -2.14. The summed E-state index contributed by atoms with van der Waals surface area (Å²) in [5, 5.41) is 8.81. The van der Waals surface area contributed by atoms with E-state index in [2.05, 4.69) is 6.07 Å². The van der Waals surface area contributed by atoms with Crippen LogP contribution in [0.15, 0.2) is 18.2 Å². The van der Waals surface area contributed by atoms with Crippen molar-refractivity contribution in [3.63, 3.8) is 0 Å². The molecule has 102 valence electrons. The minimum atomic E-state index is 0.0919. The number of methoxy groups -OCH3 is 1. The zero-order chi connectivity index (χ0) is 13.7. The first kappa shape index (κ1) is 13.7. The van der Waals surface area contributed by atoms with Gasteiger partial charge in [-0.2, -0.15) is 5.26 Å². The Balaban J connectivity index is 2.05. The lowest BCUT2D eigenvalue weighted by atomic mass is 10.1. The molecular weight excluding hydrogens is 240 g/mol. The van der Waals surface area contributed by atoms with Crippen molar-refractivity contribution in [1.29, 1.82) is 5.26 Å². The summed E-state index contributed by atoms with van der Waals surface area (Å²) in [7, 11) is 1.65. The molecular formula is C15H20N2O2. The molecule has 0 heterocycles. The number of nitrogens with zero attached hydrogens (tertiary/aromatic N) is 1. The summed E-state index contributed by atoms with van der Waals surface area (Å²) in [5.41, 5.74) is 6.78. The van der Waals surface area contributed by atoms with Crippen LogP contribution in [0.4, 0.5) is 0 Å². The van der Waals surface area contributed by atoms with Gasteiger partial charge < -0.3 is 15.2 Å². The second-order valence-electron chi connectivity index (χ2n) is 5.14. The monoisotopic (exact) mass is 260 g/mol. The molecule has 0 atom stereocenters. The minimum absolute atomic E-state index is 0.0919. The van der Waals surface area contributed by atoms with E-state index >= 15 is 0 Å². The molecule has 2 rings (SSSR count). The molecule has 4 heteroatoms. The lowest BCUT2D eigenvalue weighted by molar-refractivity contribution is 0.234. The molecule has 0 aliphatic heterocycles. The van der Waals surface area contributed by atoms with Crippen LogP contribution in [0.3, 0.4) is 0 Å². The van der Waals surface area contributed by atoms with Crippen molar-refractivity contribution in [2.75, 3.05) is 20.3 Å². The predicted octanol–water partition coefficient (Wildman–Crippen LogP) is 2.27. The van der Waals surface area contributed by atoms with Crippen molar-refractivity contribution in [1.82, 2.24) is 0 Å². The van der Waals surface area contributed by atoms with E-state index in [4.69, 9.17) is 20.5 Å². The average molecular weight is 260 g/mol. The van der Waals surface area contributed by atoms with Gasteiger partial charge in [-0.1, -0.05) is 0 Å². The molecule has 0 aromatic heterocycles. The van der Waals surface area contributed by atoms with E-state index in [0.29, 0.717) is 19.6 Å². The fraction of sp³-hybridized carbons (Fsp3) is 0.533. The largest absolute Gasteiger partial charge is 0.497 e. The van der Waals surface area contributed by atoms with Gasteiger partial charge in [0.15, 0.2) is 0 Å². The molecule has 1 aliphatic carbocycles. The average Bonchev–Trinajstić information content (AvgIpc) is 3.18. The van der Waals surface area contributed by atoms with Crippen LogP contribution in [0.25, 0.3) is 0 Å². The second kappa shape index (κ2) is 5.94. The maximum Gasteiger partial charge on any atom is 0.122 e. The number of ether oxygens (including phenoxy) is 2. The van der Waals surface area contributed by atoms with Crippen molar-refractivity contribution < 1.29 is 9.47 Å².